The van der Waals surface area contributed by atoms with Crippen molar-refractivity contribution in [3.05, 3.63) is 68.6 Å². The number of imidazole rings is 1. The van der Waals surface area contributed by atoms with Crippen LogP contribution < -0.4 is 0 Å². The lowest BCUT2D eigenvalue weighted by molar-refractivity contribution is -0.167. The zero-order valence-corrected chi connectivity index (χ0v) is 19.4. The van der Waals surface area contributed by atoms with Crippen LogP contribution in [0.1, 0.15) is 12.8 Å². The number of ether oxygens (including phenoxy) is 4. The van der Waals surface area contributed by atoms with Crippen molar-refractivity contribution in [1.29, 1.82) is 0 Å². The summed E-state index contributed by atoms with van der Waals surface area (Å²) >= 11 is 0. The maximum absolute atomic E-state index is 12.3. The summed E-state index contributed by atoms with van der Waals surface area (Å²) in [6.07, 6.45) is 10.5. The first-order valence-corrected chi connectivity index (χ1v) is 10.8. The molecule has 0 unspecified atom stereocenters. The second-order valence-electron chi connectivity index (χ2n) is 7.67. The minimum atomic E-state index is -1.34. The molecule has 11 heteroatoms. The quantitative estimate of drug-likeness (QED) is 0.197. The molecule has 188 valence electrons. The molecule has 0 radical (unpaired) electrons. The van der Waals surface area contributed by atoms with Gasteiger partial charge in [0.1, 0.15) is 31.8 Å². The van der Waals surface area contributed by atoms with Gasteiger partial charge in [0.25, 0.3) is 0 Å². The number of nitrogens with zero attached hydrogens (tertiary/aromatic N) is 3. The van der Waals surface area contributed by atoms with E-state index in [9.17, 15) is 19.2 Å². The molecule has 0 atom stereocenters. The van der Waals surface area contributed by atoms with Crippen LogP contribution in [0.4, 0.5) is 0 Å². The van der Waals surface area contributed by atoms with Crippen LogP contribution in [-0.4, -0.2) is 64.4 Å². The molecule has 2 rings (SSSR count). The fourth-order valence-corrected chi connectivity index (χ4v) is 2.81. The Kier molecular flexibility index (Phi) is 11.0. The third-order valence-electron chi connectivity index (χ3n) is 4.83. The number of aryl methyl sites for hydroxylation is 2. The van der Waals surface area contributed by atoms with E-state index in [-0.39, 0.29) is 39.3 Å². The van der Waals surface area contributed by atoms with Crippen LogP contribution in [0.2, 0.25) is 0 Å². The van der Waals surface area contributed by atoms with Crippen LogP contribution in [0.5, 0.6) is 0 Å². The normalized spacial score (nSPS) is 10.7. The summed E-state index contributed by atoms with van der Waals surface area (Å²) in [6.45, 7) is 6.04. The van der Waals surface area contributed by atoms with Gasteiger partial charge in [-0.15, -0.1) is 0 Å². The van der Waals surface area contributed by atoms with Gasteiger partial charge in [0.2, 0.25) is 0 Å². The summed E-state index contributed by atoms with van der Waals surface area (Å²) in [4.78, 5) is 52.0. The van der Waals surface area contributed by atoms with Gasteiger partial charge in [-0.2, -0.15) is 0 Å². The number of carbonyl (C=O) groups is 4. The third-order valence-corrected chi connectivity index (χ3v) is 4.83. The summed E-state index contributed by atoms with van der Waals surface area (Å²) in [5, 5.41) is 0. The van der Waals surface area contributed by atoms with Gasteiger partial charge in [0.05, 0.1) is 19.2 Å². The highest BCUT2D eigenvalue weighted by molar-refractivity contribution is 5.81. The van der Waals surface area contributed by atoms with Crippen molar-refractivity contribution < 1.29 is 38.1 Å². The predicted molar refractivity (Wildman–Crippen MR) is 123 cm³/mol. The Bertz CT molecular complexity index is 902. The van der Waals surface area contributed by atoms with Crippen molar-refractivity contribution in [1.82, 2.24) is 14.1 Å². The molecule has 0 bridgehead atoms. The molecular weight excluding hydrogens is 458 g/mol. The number of rotatable bonds is 16. The maximum Gasteiger partial charge on any atom is 0.330 e. The zero-order valence-electron chi connectivity index (χ0n) is 19.4. The zero-order chi connectivity index (χ0) is 25.5. The van der Waals surface area contributed by atoms with Crippen LogP contribution in [0.15, 0.2) is 68.6 Å². The smallest absolute Gasteiger partial charge is 0.330 e. The van der Waals surface area contributed by atoms with Gasteiger partial charge < -0.3 is 28.1 Å². The molecule has 0 amide bonds. The molecule has 0 aliphatic heterocycles. The van der Waals surface area contributed by atoms with Gasteiger partial charge in [0.15, 0.2) is 0 Å². The number of carbonyl (C=O) groups excluding carboxylic acids is 4. The average molecular weight is 488 g/mol. The van der Waals surface area contributed by atoms with E-state index in [1.807, 2.05) is 29.1 Å². The molecule has 2 aromatic rings. The summed E-state index contributed by atoms with van der Waals surface area (Å²) in [7, 11) is 0. The van der Waals surface area contributed by atoms with Crippen molar-refractivity contribution in [3.63, 3.8) is 0 Å². The molecule has 0 saturated heterocycles. The summed E-state index contributed by atoms with van der Waals surface area (Å²) in [6, 6.07) is 3.67. The molecule has 0 spiro atoms. The molecule has 0 fully saturated rings. The van der Waals surface area contributed by atoms with E-state index >= 15 is 0 Å². The predicted octanol–water partition coefficient (Wildman–Crippen LogP) is 1.70. The van der Waals surface area contributed by atoms with E-state index in [0.717, 1.165) is 12.2 Å². The van der Waals surface area contributed by atoms with Gasteiger partial charge >= 0.3 is 23.9 Å². The third kappa shape index (κ3) is 10.1. The van der Waals surface area contributed by atoms with E-state index in [1.54, 1.807) is 23.3 Å². The Balaban J connectivity index is 2.05. The monoisotopic (exact) mass is 487 g/mol. The fraction of sp³-hybridized carbons (Fsp3) is 0.375. The van der Waals surface area contributed by atoms with Crippen molar-refractivity contribution in [3.8, 4) is 0 Å². The van der Waals surface area contributed by atoms with E-state index in [0.29, 0.717) is 13.1 Å². The van der Waals surface area contributed by atoms with Gasteiger partial charge in [-0.3, -0.25) is 9.59 Å². The number of hydrogen-bond donors (Lipinski definition) is 0. The van der Waals surface area contributed by atoms with Crippen LogP contribution >= 0.6 is 0 Å². The van der Waals surface area contributed by atoms with E-state index in [2.05, 4.69) is 18.1 Å². The topological polar surface area (TPSA) is 128 Å². The second-order valence-corrected chi connectivity index (χ2v) is 7.67. The summed E-state index contributed by atoms with van der Waals surface area (Å²) < 4.78 is 24.6. The van der Waals surface area contributed by atoms with Crippen molar-refractivity contribution in [2.24, 2.45) is 5.41 Å². The van der Waals surface area contributed by atoms with Crippen LogP contribution in [0.25, 0.3) is 0 Å². The Morgan fingerprint density at radius 2 is 1.23 bits per heavy atom. The molecule has 11 nitrogen and oxygen atoms in total. The molecule has 0 aliphatic carbocycles. The summed E-state index contributed by atoms with van der Waals surface area (Å²) in [5.41, 5.74) is -1.34. The number of hydrogen-bond acceptors (Lipinski definition) is 9. The standard InChI is InChI=1S/C24H29N3O8/c1-3-20(28)32-15-24(16-33-21(29)4-2,17-34-22(30)7-12-26-10-5-6-11-26)18-35-23(31)8-13-27-14-9-25-19-27/h3-6,9-11,14,19H,1-2,7-8,12-13,15-18H2. The minimum absolute atomic E-state index is 0.0436. The van der Waals surface area contributed by atoms with Crippen LogP contribution in [0.3, 0.4) is 0 Å². The lowest BCUT2D eigenvalue weighted by Gasteiger charge is -2.31. The fourth-order valence-electron chi connectivity index (χ4n) is 2.81. The Morgan fingerprint density at radius 3 is 1.69 bits per heavy atom. The minimum Gasteiger partial charge on any atom is -0.465 e. The van der Waals surface area contributed by atoms with Gasteiger partial charge in [0, 0.05) is 50.0 Å². The number of aromatic nitrogens is 3. The Labute approximate surface area is 202 Å². The maximum atomic E-state index is 12.3. The SMILES string of the molecule is C=CC(=O)OCC(COC(=O)C=C)(COC(=O)CCn1cccc1)COC(=O)CCn1ccnc1. The summed E-state index contributed by atoms with van der Waals surface area (Å²) in [5.74, 6) is -2.56. The molecule has 0 aromatic carbocycles. The first-order valence-electron chi connectivity index (χ1n) is 10.8. The molecule has 2 heterocycles. The van der Waals surface area contributed by atoms with E-state index in [4.69, 9.17) is 18.9 Å². The molecule has 2 aromatic heterocycles. The molecule has 0 aliphatic rings. The van der Waals surface area contributed by atoms with Gasteiger partial charge in [-0.25, -0.2) is 14.6 Å². The second kappa shape index (κ2) is 14.2. The van der Waals surface area contributed by atoms with Crippen LogP contribution in [-0.2, 0) is 51.2 Å². The highest BCUT2D eigenvalue weighted by atomic mass is 16.6. The van der Waals surface area contributed by atoms with Crippen LogP contribution in [0, 0.1) is 5.41 Å². The largest absolute Gasteiger partial charge is 0.465 e. The van der Waals surface area contributed by atoms with Crippen molar-refractivity contribution in [2.45, 2.75) is 25.9 Å². The Hall–Kier alpha value is -4.15. The Morgan fingerprint density at radius 1 is 0.743 bits per heavy atom. The average Bonchev–Trinajstić information content (AvgIpc) is 3.59. The highest BCUT2D eigenvalue weighted by Crippen LogP contribution is 2.22. The molecular formula is C24H29N3O8. The highest BCUT2D eigenvalue weighted by Gasteiger charge is 2.37. The molecule has 0 saturated carbocycles. The number of esters is 4. The van der Waals surface area contributed by atoms with E-state index < -0.39 is 29.3 Å². The van der Waals surface area contributed by atoms with Crippen molar-refractivity contribution >= 4 is 23.9 Å². The van der Waals surface area contributed by atoms with E-state index in [1.165, 1.54) is 0 Å². The lowest BCUT2D eigenvalue weighted by Crippen LogP contribution is -2.43. The lowest BCUT2D eigenvalue weighted by atomic mass is 9.92. The molecule has 0 N–H and O–H groups in total. The van der Waals surface area contributed by atoms with Gasteiger partial charge in [-0.05, 0) is 12.1 Å². The first-order chi connectivity index (χ1) is 16.9. The van der Waals surface area contributed by atoms with Gasteiger partial charge in [-0.1, -0.05) is 13.2 Å². The first kappa shape index (κ1) is 27.1. The molecule has 35 heavy (non-hydrogen) atoms. The van der Waals surface area contributed by atoms with Crippen molar-refractivity contribution in [2.75, 3.05) is 26.4 Å².